The predicted molar refractivity (Wildman–Crippen MR) is 98.3 cm³/mol. The predicted octanol–water partition coefficient (Wildman–Crippen LogP) is 3.64. The minimum absolute atomic E-state index is 0.271. The molecule has 1 aromatic carbocycles. The average molecular weight is 356 g/mol. The fourth-order valence-electron chi connectivity index (χ4n) is 3.44. The Bertz CT molecular complexity index is 930. The van der Waals surface area contributed by atoms with Crippen LogP contribution in [-0.2, 0) is 6.54 Å². The van der Waals surface area contributed by atoms with Crippen molar-refractivity contribution in [1.82, 2.24) is 9.88 Å². The molecule has 25 heavy (non-hydrogen) atoms. The van der Waals surface area contributed by atoms with Crippen molar-refractivity contribution in [3.63, 3.8) is 0 Å². The first kappa shape index (κ1) is 16.3. The van der Waals surface area contributed by atoms with Gasteiger partial charge in [-0.15, -0.1) is 11.3 Å². The van der Waals surface area contributed by atoms with Crippen LogP contribution in [0.15, 0.2) is 39.5 Å². The van der Waals surface area contributed by atoms with E-state index in [1.165, 1.54) is 15.8 Å². The fourth-order valence-corrected chi connectivity index (χ4v) is 4.53. The molecule has 3 aromatic rings. The Labute approximate surface area is 149 Å². The molecule has 1 atom stereocenters. The summed E-state index contributed by atoms with van der Waals surface area (Å²) in [6, 6.07) is 9.53. The topological polar surface area (TPSA) is 66.6 Å². The van der Waals surface area contributed by atoms with Gasteiger partial charge in [0.25, 0.3) is 0 Å². The number of fused-ring (bicyclic) bond motifs is 1. The van der Waals surface area contributed by atoms with Crippen LogP contribution in [0.3, 0.4) is 0 Å². The number of hydrogen-bond acceptors (Lipinski definition) is 6. The lowest BCUT2D eigenvalue weighted by atomic mass is 9.98. The molecule has 0 amide bonds. The fraction of sp³-hybridized carbons (Fsp3) is 0.368. The Kier molecular flexibility index (Phi) is 4.31. The number of aromatic nitrogens is 1. The highest BCUT2D eigenvalue weighted by atomic mass is 32.1. The van der Waals surface area contributed by atoms with E-state index in [-0.39, 0.29) is 11.2 Å². The maximum Gasteiger partial charge on any atom is 0.227 e. The van der Waals surface area contributed by atoms with Gasteiger partial charge in [0, 0.05) is 18.5 Å². The number of hydrogen-bond donors (Lipinski definition) is 1. The Morgan fingerprint density at radius 2 is 2.24 bits per heavy atom. The monoisotopic (exact) mass is 356 g/mol. The van der Waals surface area contributed by atoms with Gasteiger partial charge < -0.3 is 9.52 Å². The van der Waals surface area contributed by atoms with Crippen molar-refractivity contribution in [2.45, 2.75) is 32.2 Å². The SMILES string of the molecule is Cc1cc(=O)c(O)c(CN2CCC[C@@H](c3nc4ccccc4s3)C2)o1. The van der Waals surface area contributed by atoms with Crippen molar-refractivity contribution in [1.29, 1.82) is 0 Å². The normalized spacial score (nSPS) is 18.7. The molecule has 0 unspecified atom stereocenters. The molecule has 1 N–H and O–H groups in total. The quantitative estimate of drug-likeness (QED) is 0.776. The molecule has 2 aromatic heterocycles. The zero-order valence-electron chi connectivity index (χ0n) is 14.1. The largest absolute Gasteiger partial charge is 0.502 e. The molecule has 6 heteroatoms. The Morgan fingerprint density at radius 1 is 1.40 bits per heavy atom. The molecule has 0 spiro atoms. The maximum absolute atomic E-state index is 11.8. The highest BCUT2D eigenvalue weighted by Crippen LogP contribution is 2.33. The molecule has 1 aliphatic heterocycles. The van der Waals surface area contributed by atoms with Crippen LogP contribution >= 0.6 is 11.3 Å². The average Bonchev–Trinajstić information content (AvgIpc) is 3.04. The standard InChI is InChI=1S/C19H20N2O3S/c1-12-9-15(22)18(23)16(24-12)11-21-8-4-5-13(10-21)19-20-14-6-2-3-7-17(14)25-19/h2-3,6-7,9,13,23H,4-5,8,10-11H2,1H3/t13-/m1/s1. The minimum atomic E-state index is -0.376. The summed E-state index contributed by atoms with van der Waals surface area (Å²) in [5.41, 5.74) is 0.681. The maximum atomic E-state index is 11.8. The summed E-state index contributed by atoms with van der Waals surface area (Å²) in [7, 11) is 0. The van der Waals surface area contributed by atoms with Crippen molar-refractivity contribution in [2.24, 2.45) is 0 Å². The van der Waals surface area contributed by atoms with E-state index in [4.69, 9.17) is 9.40 Å². The summed E-state index contributed by atoms with van der Waals surface area (Å²) in [5.74, 6) is 0.991. The molecule has 3 heterocycles. The highest BCUT2D eigenvalue weighted by Gasteiger charge is 2.25. The van der Waals surface area contributed by atoms with Gasteiger partial charge in [0.05, 0.1) is 21.8 Å². The third-order valence-corrected chi connectivity index (χ3v) is 5.85. The first-order valence-corrected chi connectivity index (χ1v) is 9.32. The van der Waals surface area contributed by atoms with E-state index < -0.39 is 0 Å². The van der Waals surface area contributed by atoms with Gasteiger partial charge >= 0.3 is 0 Å². The molecule has 0 bridgehead atoms. The molecule has 1 aliphatic rings. The first-order chi connectivity index (χ1) is 12.1. The molecular weight excluding hydrogens is 336 g/mol. The lowest BCUT2D eigenvalue weighted by Crippen LogP contribution is -2.34. The molecule has 0 aliphatic carbocycles. The molecule has 5 nitrogen and oxygen atoms in total. The van der Waals surface area contributed by atoms with Crippen molar-refractivity contribution < 1.29 is 9.52 Å². The summed E-state index contributed by atoms with van der Waals surface area (Å²) in [6.07, 6.45) is 2.18. The second-order valence-corrected chi connectivity index (χ2v) is 7.65. The van der Waals surface area contributed by atoms with Crippen molar-refractivity contribution in [2.75, 3.05) is 13.1 Å². The van der Waals surface area contributed by atoms with E-state index >= 15 is 0 Å². The van der Waals surface area contributed by atoms with Gasteiger partial charge in [0.2, 0.25) is 11.2 Å². The molecule has 1 saturated heterocycles. The molecule has 4 rings (SSSR count). The number of nitrogens with zero attached hydrogens (tertiary/aromatic N) is 2. The van der Waals surface area contributed by atoms with E-state index in [0.717, 1.165) is 31.4 Å². The van der Waals surface area contributed by atoms with Crippen molar-refractivity contribution >= 4 is 21.6 Å². The highest BCUT2D eigenvalue weighted by molar-refractivity contribution is 7.18. The number of benzene rings is 1. The van der Waals surface area contributed by atoms with Crippen molar-refractivity contribution in [3.05, 3.63) is 57.1 Å². The van der Waals surface area contributed by atoms with E-state index in [0.29, 0.717) is 24.0 Å². The van der Waals surface area contributed by atoms with Gasteiger partial charge in [0.1, 0.15) is 5.76 Å². The summed E-state index contributed by atoms with van der Waals surface area (Å²) in [5, 5.41) is 11.2. The third-order valence-electron chi connectivity index (χ3n) is 4.65. The van der Waals surface area contributed by atoms with Gasteiger partial charge in [-0.1, -0.05) is 12.1 Å². The van der Waals surface area contributed by atoms with Crippen molar-refractivity contribution in [3.8, 4) is 5.75 Å². The van der Waals surface area contributed by atoms with E-state index in [2.05, 4.69) is 17.0 Å². The minimum Gasteiger partial charge on any atom is -0.502 e. The number of piperidine rings is 1. The molecule has 130 valence electrons. The van der Waals surface area contributed by atoms with Crippen LogP contribution in [0.2, 0.25) is 0 Å². The number of rotatable bonds is 3. The second kappa shape index (κ2) is 6.61. The third kappa shape index (κ3) is 3.32. The van der Waals surface area contributed by atoms with Crippen LogP contribution in [0, 0.1) is 6.92 Å². The summed E-state index contributed by atoms with van der Waals surface area (Å²) >= 11 is 1.76. The molecule has 1 fully saturated rings. The second-order valence-electron chi connectivity index (χ2n) is 6.59. The van der Waals surface area contributed by atoms with Crippen LogP contribution in [0.1, 0.15) is 35.3 Å². The first-order valence-electron chi connectivity index (χ1n) is 8.50. The Balaban J connectivity index is 1.54. The molecule has 0 radical (unpaired) electrons. The van der Waals surface area contributed by atoms with Crippen LogP contribution < -0.4 is 5.43 Å². The van der Waals surface area contributed by atoms with Crippen LogP contribution in [0.25, 0.3) is 10.2 Å². The number of thiazole rings is 1. The summed E-state index contributed by atoms with van der Waals surface area (Å²) in [6.45, 7) is 3.96. The smallest absolute Gasteiger partial charge is 0.227 e. The lowest BCUT2D eigenvalue weighted by molar-refractivity contribution is 0.180. The summed E-state index contributed by atoms with van der Waals surface area (Å²) in [4.78, 5) is 18.8. The zero-order valence-corrected chi connectivity index (χ0v) is 14.9. The lowest BCUT2D eigenvalue weighted by Gasteiger charge is -2.31. The van der Waals surface area contributed by atoms with E-state index in [9.17, 15) is 9.90 Å². The van der Waals surface area contributed by atoms with Gasteiger partial charge in [-0.25, -0.2) is 4.98 Å². The number of para-hydroxylation sites is 1. The number of likely N-dealkylation sites (tertiary alicyclic amines) is 1. The van der Waals surface area contributed by atoms with E-state index in [1.54, 1.807) is 18.3 Å². The van der Waals surface area contributed by atoms with Crippen LogP contribution in [0.4, 0.5) is 0 Å². The van der Waals surface area contributed by atoms with Gasteiger partial charge in [-0.3, -0.25) is 9.69 Å². The number of aromatic hydroxyl groups is 1. The van der Waals surface area contributed by atoms with Gasteiger partial charge in [0.15, 0.2) is 5.76 Å². The zero-order chi connectivity index (χ0) is 17.4. The van der Waals surface area contributed by atoms with Gasteiger partial charge in [-0.05, 0) is 38.4 Å². The molecule has 0 saturated carbocycles. The Hall–Kier alpha value is -2.18. The molecular formula is C19H20N2O3S. The van der Waals surface area contributed by atoms with Gasteiger partial charge in [-0.2, -0.15) is 0 Å². The number of aryl methyl sites for hydroxylation is 1. The Morgan fingerprint density at radius 3 is 3.08 bits per heavy atom. The van der Waals surface area contributed by atoms with Crippen LogP contribution in [0.5, 0.6) is 5.75 Å². The summed E-state index contributed by atoms with van der Waals surface area (Å²) < 4.78 is 6.80. The van der Waals surface area contributed by atoms with E-state index in [1.807, 2.05) is 12.1 Å². The van der Waals surface area contributed by atoms with Crippen LogP contribution in [-0.4, -0.2) is 28.1 Å².